The molecular formula is C16H32N2S. The van der Waals surface area contributed by atoms with E-state index in [1.165, 1.54) is 50.0 Å². The smallest absolute Gasteiger partial charge is 0.0334 e. The largest absolute Gasteiger partial charge is 0.329 e. The summed E-state index contributed by atoms with van der Waals surface area (Å²) in [5.41, 5.74) is 6.55. The van der Waals surface area contributed by atoms with E-state index in [0.29, 0.717) is 5.54 Å². The molecule has 1 saturated heterocycles. The van der Waals surface area contributed by atoms with Gasteiger partial charge < -0.3 is 5.73 Å². The molecule has 3 atom stereocenters. The van der Waals surface area contributed by atoms with Crippen LogP contribution < -0.4 is 5.73 Å². The highest BCUT2D eigenvalue weighted by Gasteiger charge is 2.41. The van der Waals surface area contributed by atoms with Gasteiger partial charge in [-0.25, -0.2) is 0 Å². The van der Waals surface area contributed by atoms with Gasteiger partial charge in [-0.2, -0.15) is 11.8 Å². The third kappa shape index (κ3) is 3.68. The summed E-state index contributed by atoms with van der Waals surface area (Å²) < 4.78 is 0. The summed E-state index contributed by atoms with van der Waals surface area (Å²) in [6.07, 6.45) is 8.19. The molecule has 112 valence electrons. The topological polar surface area (TPSA) is 29.3 Å². The van der Waals surface area contributed by atoms with Crippen LogP contribution in [-0.2, 0) is 0 Å². The predicted molar refractivity (Wildman–Crippen MR) is 86.7 cm³/mol. The molecule has 19 heavy (non-hydrogen) atoms. The molecular weight excluding hydrogens is 252 g/mol. The normalized spacial score (nSPS) is 36.3. The van der Waals surface area contributed by atoms with Gasteiger partial charge >= 0.3 is 0 Å². The molecule has 1 heterocycles. The third-order valence-corrected chi connectivity index (χ3v) is 6.45. The fourth-order valence-electron chi connectivity index (χ4n) is 4.19. The van der Waals surface area contributed by atoms with Gasteiger partial charge in [0.1, 0.15) is 0 Å². The van der Waals surface area contributed by atoms with Crippen molar-refractivity contribution in [2.24, 2.45) is 17.6 Å². The van der Waals surface area contributed by atoms with Crippen molar-refractivity contribution in [3.63, 3.8) is 0 Å². The second-order valence-corrected chi connectivity index (χ2v) is 8.30. The lowest BCUT2D eigenvalue weighted by atomic mass is 9.72. The van der Waals surface area contributed by atoms with Crippen molar-refractivity contribution in [1.82, 2.24) is 4.90 Å². The molecule has 2 nitrogen and oxygen atoms in total. The summed E-state index contributed by atoms with van der Waals surface area (Å²) in [7, 11) is 2.35. The molecule has 3 heteroatoms. The maximum atomic E-state index is 6.25. The predicted octanol–water partition coefficient (Wildman–Crippen LogP) is 3.36. The first-order chi connectivity index (χ1) is 9.07. The molecule has 0 aromatic carbocycles. The first-order valence-electron chi connectivity index (χ1n) is 8.08. The molecule has 0 aromatic heterocycles. The summed E-state index contributed by atoms with van der Waals surface area (Å²) in [4.78, 5) is 2.68. The Hall–Kier alpha value is 0.270. The lowest BCUT2D eigenvalue weighted by Gasteiger charge is -2.49. The van der Waals surface area contributed by atoms with Gasteiger partial charge in [-0.15, -0.1) is 0 Å². The average Bonchev–Trinajstić information content (AvgIpc) is 2.91. The lowest BCUT2D eigenvalue weighted by Crippen LogP contribution is -2.58. The molecule has 0 aromatic rings. The van der Waals surface area contributed by atoms with Crippen LogP contribution in [-0.4, -0.2) is 41.6 Å². The fourth-order valence-corrected chi connectivity index (χ4v) is 5.46. The van der Waals surface area contributed by atoms with Crippen LogP contribution in [0.25, 0.3) is 0 Å². The van der Waals surface area contributed by atoms with Gasteiger partial charge in [0.2, 0.25) is 0 Å². The highest BCUT2D eigenvalue weighted by molar-refractivity contribution is 7.99. The first kappa shape index (κ1) is 15.7. The van der Waals surface area contributed by atoms with Crippen molar-refractivity contribution in [3.8, 4) is 0 Å². The van der Waals surface area contributed by atoms with Crippen molar-refractivity contribution in [2.75, 3.05) is 25.1 Å². The number of thioether (sulfide) groups is 1. The molecule has 0 radical (unpaired) electrons. The number of nitrogens with two attached hydrogens (primary N) is 1. The van der Waals surface area contributed by atoms with Gasteiger partial charge in [0.25, 0.3) is 0 Å². The molecule has 3 unspecified atom stereocenters. The second-order valence-electron chi connectivity index (χ2n) is 7.15. The van der Waals surface area contributed by atoms with Crippen LogP contribution in [0.1, 0.15) is 52.4 Å². The molecule has 2 N–H and O–H groups in total. The van der Waals surface area contributed by atoms with Crippen LogP contribution in [0.2, 0.25) is 0 Å². The van der Waals surface area contributed by atoms with E-state index in [1.807, 2.05) is 0 Å². The van der Waals surface area contributed by atoms with Gasteiger partial charge in [0.15, 0.2) is 0 Å². The third-order valence-electron chi connectivity index (χ3n) is 5.31. The fraction of sp³-hybridized carbons (Fsp3) is 1.00. The highest BCUT2D eigenvalue weighted by Crippen LogP contribution is 2.40. The minimum Gasteiger partial charge on any atom is -0.329 e. The van der Waals surface area contributed by atoms with Crippen molar-refractivity contribution in [3.05, 3.63) is 0 Å². The van der Waals surface area contributed by atoms with Crippen molar-refractivity contribution >= 4 is 11.8 Å². The van der Waals surface area contributed by atoms with Crippen LogP contribution >= 0.6 is 11.8 Å². The van der Waals surface area contributed by atoms with Gasteiger partial charge in [0.05, 0.1) is 0 Å². The summed E-state index contributed by atoms with van der Waals surface area (Å²) >= 11 is 2.11. The number of likely N-dealkylation sites (N-methyl/N-ethyl adjacent to an activating group) is 1. The van der Waals surface area contributed by atoms with E-state index in [4.69, 9.17) is 5.73 Å². The van der Waals surface area contributed by atoms with E-state index in [-0.39, 0.29) is 0 Å². The Kier molecular flexibility index (Phi) is 5.62. The van der Waals surface area contributed by atoms with Crippen LogP contribution in [0.4, 0.5) is 0 Å². The summed E-state index contributed by atoms with van der Waals surface area (Å²) in [6.45, 7) is 5.56. The molecule has 0 bridgehead atoms. The van der Waals surface area contributed by atoms with Crippen molar-refractivity contribution in [1.29, 1.82) is 0 Å². The number of nitrogens with zero attached hydrogens (tertiary/aromatic N) is 1. The summed E-state index contributed by atoms with van der Waals surface area (Å²) in [5, 5.41) is 0. The van der Waals surface area contributed by atoms with Gasteiger partial charge in [0, 0.05) is 23.9 Å². The zero-order chi connectivity index (χ0) is 13.9. The zero-order valence-electron chi connectivity index (χ0n) is 13.0. The molecule has 0 amide bonds. The Morgan fingerprint density at radius 1 is 1.37 bits per heavy atom. The molecule has 0 spiro atoms. The molecule has 1 aliphatic carbocycles. The van der Waals surface area contributed by atoms with Crippen LogP contribution in [0.3, 0.4) is 0 Å². The van der Waals surface area contributed by atoms with Crippen LogP contribution in [0.15, 0.2) is 0 Å². The monoisotopic (exact) mass is 284 g/mol. The SMILES string of the molecule is CC(C)CC1CCCC(CN)(N(C)C2CCSC2)C1. The van der Waals surface area contributed by atoms with E-state index >= 15 is 0 Å². The number of hydrogen-bond donors (Lipinski definition) is 1. The van der Waals surface area contributed by atoms with Gasteiger partial charge in [-0.3, -0.25) is 4.90 Å². The summed E-state index contributed by atoms with van der Waals surface area (Å²) in [5.74, 6) is 4.37. The van der Waals surface area contributed by atoms with Crippen molar-refractivity contribution in [2.45, 2.75) is 64.0 Å². The van der Waals surface area contributed by atoms with Gasteiger partial charge in [-0.1, -0.05) is 26.7 Å². The molecule has 2 rings (SSSR count). The molecule has 2 aliphatic rings. The lowest BCUT2D eigenvalue weighted by molar-refractivity contribution is 0.0273. The molecule has 1 saturated carbocycles. The van der Waals surface area contributed by atoms with Crippen LogP contribution in [0, 0.1) is 11.8 Å². The maximum absolute atomic E-state index is 6.25. The van der Waals surface area contributed by atoms with E-state index in [0.717, 1.165) is 24.4 Å². The number of hydrogen-bond acceptors (Lipinski definition) is 3. The molecule has 1 aliphatic heterocycles. The van der Waals surface area contributed by atoms with E-state index < -0.39 is 0 Å². The average molecular weight is 285 g/mol. The Bertz CT molecular complexity index is 276. The van der Waals surface area contributed by atoms with Crippen LogP contribution in [0.5, 0.6) is 0 Å². The second kappa shape index (κ2) is 6.82. The maximum Gasteiger partial charge on any atom is 0.0334 e. The van der Waals surface area contributed by atoms with E-state index in [1.54, 1.807) is 0 Å². The zero-order valence-corrected chi connectivity index (χ0v) is 13.8. The Balaban J connectivity index is 2.03. The van der Waals surface area contributed by atoms with Gasteiger partial charge in [-0.05, 0) is 50.3 Å². The minimum atomic E-state index is 0.299. The van der Waals surface area contributed by atoms with E-state index in [9.17, 15) is 0 Å². The Labute approximate surface area is 123 Å². The minimum absolute atomic E-state index is 0.299. The standard InChI is InChI=1S/C16H32N2S/c1-13(2)9-14-5-4-7-16(10-14,12-17)18(3)15-6-8-19-11-15/h13-15H,4-12,17H2,1-3H3. The highest BCUT2D eigenvalue weighted by atomic mass is 32.2. The number of rotatable bonds is 5. The quantitative estimate of drug-likeness (QED) is 0.839. The molecule has 2 fully saturated rings. The Morgan fingerprint density at radius 3 is 2.74 bits per heavy atom. The summed E-state index contributed by atoms with van der Waals surface area (Å²) in [6, 6.07) is 0.770. The van der Waals surface area contributed by atoms with Crippen molar-refractivity contribution < 1.29 is 0 Å². The first-order valence-corrected chi connectivity index (χ1v) is 9.23. The Morgan fingerprint density at radius 2 is 2.16 bits per heavy atom. The van der Waals surface area contributed by atoms with E-state index in [2.05, 4.69) is 37.6 Å².